The number of pyridine rings is 2. The lowest BCUT2D eigenvalue weighted by molar-refractivity contribution is -0.122. The molecule has 172 valence electrons. The van der Waals surface area contributed by atoms with Crippen molar-refractivity contribution in [2.45, 2.75) is 13.5 Å². The third-order valence-electron chi connectivity index (χ3n) is 4.94. The minimum Gasteiger partial charge on any atom is -0.486 e. The standard InChI is InChI=1S/C25H27ClN4O3/c1-6-8-21(30(4)5)18-11-16(2)29-25-17(18)9-7-10-22(25)32-14-19-20(26)12-28-13-23(19)33-15-24(31)27-3/h6-13H,1,14-15H2,2-5H3,(H,27,31)/b21-8-. The molecule has 1 aromatic carbocycles. The summed E-state index contributed by atoms with van der Waals surface area (Å²) >= 11 is 6.36. The van der Waals surface area contributed by atoms with E-state index < -0.39 is 0 Å². The average Bonchev–Trinajstić information content (AvgIpc) is 2.79. The number of benzene rings is 1. The summed E-state index contributed by atoms with van der Waals surface area (Å²) in [6.07, 6.45) is 6.76. The molecule has 0 radical (unpaired) electrons. The smallest absolute Gasteiger partial charge is 0.257 e. The summed E-state index contributed by atoms with van der Waals surface area (Å²) in [5.41, 5.74) is 4.24. The topological polar surface area (TPSA) is 76.6 Å². The number of amides is 1. The van der Waals surface area contributed by atoms with Gasteiger partial charge < -0.3 is 19.7 Å². The third-order valence-corrected chi connectivity index (χ3v) is 5.26. The molecule has 8 heteroatoms. The molecular weight excluding hydrogens is 440 g/mol. The number of fused-ring (bicyclic) bond motifs is 1. The van der Waals surface area contributed by atoms with Crippen LogP contribution in [0.5, 0.6) is 11.5 Å². The number of halogens is 1. The lowest BCUT2D eigenvalue weighted by Crippen LogP contribution is -2.25. The fourth-order valence-corrected chi connectivity index (χ4v) is 3.55. The van der Waals surface area contributed by atoms with Gasteiger partial charge in [-0.05, 0) is 25.1 Å². The zero-order valence-electron chi connectivity index (χ0n) is 19.2. The highest BCUT2D eigenvalue weighted by Gasteiger charge is 2.16. The zero-order valence-corrected chi connectivity index (χ0v) is 19.9. The Morgan fingerprint density at radius 1 is 1.24 bits per heavy atom. The van der Waals surface area contributed by atoms with Crippen LogP contribution < -0.4 is 14.8 Å². The first-order valence-corrected chi connectivity index (χ1v) is 10.7. The molecule has 0 bridgehead atoms. The van der Waals surface area contributed by atoms with E-state index in [1.165, 1.54) is 12.4 Å². The molecule has 3 rings (SSSR count). The molecule has 0 unspecified atom stereocenters. The average molecular weight is 467 g/mol. The number of rotatable bonds is 9. The summed E-state index contributed by atoms with van der Waals surface area (Å²) < 4.78 is 11.8. The van der Waals surface area contributed by atoms with Gasteiger partial charge in [0.1, 0.15) is 23.6 Å². The lowest BCUT2D eigenvalue weighted by Gasteiger charge is -2.20. The number of nitrogens with zero attached hydrogens (tertiary/aromatic N) is 3. The molecule has 0 aliphatic carbocycles. The van der Waals surface area contributed by atoms with Gasteiger partial charge in [0.15, 0.2) is 6.61 Å². The summed E-state index contributed by atoms with van der Waals surface area (Å²) in [4.78, 5) is 22.4. The van der Waals surface area contributed by atoms with Crippen molar-refractivity contribution in [1.82, 2.24) is 20.2 Å². The van der Waals surface area contributed by atoms with Gasteiger partial charge in [-0.2, -0.15) is 0 Å². The minimum atomic E-state index is -0.257. The van der Waals surface area contributed by atoms with Gasteiger partial charge in [-0.1, -0.05) is 36.4 Å². The minimum absolute atomic E-state index is 0.123. The van der Waals surface area contributed by atoms with Crippen LogP contribution in [0.3, 0.4) is 0 Å². The first-order valence-electron chi connectivity index (χ1n) is 10.3. The van der Waals surface area contributed by atoms with Crippen LogP contribution in [-0.2, 0) is 11.4 Å². The van der Waals surface area contributed by atoms with E-state index in [9.17, 15) is 4.79 Å². The second-order valence-electron chi connectivity index (χ2n) is 7.49. The molecule has 0 fully saturated rings. The van der Waals surface area contributed by atoms with Gasteiger partial charge in [-0.3, -0.25) is 9.78 Å². The summed E-state index contributed by atoms with van der Waals surface area (Å²) in [5, 5.41) is 3.86. The maximum Gasteiger partial charge on any atom is 0.257 e. The predicted molar refractivity (Wildman–Crippen MR) is 131 cm³/mol. The van der Waals surface area contributed by atoms with E-state index in [-0.39, 0.29) is 19.1 Å². The number of ether oxygens (including phenoxy) is 2. The molecule has 0 aliphatic heterocycles. The first kappa shape index (κ1) is 24.1. The molecule has 0 atom stereocenters. The molecule has 33 heavy (non-hydrogen) atoms. The van der Waals surface area contributed by atoms with Crippen LogP contribution in [0.4, 0.5) is 0 Å². The van der Waals surface area contributed by atoms with E-state index in [2.05, 4.69) is 16.9 Å². The monoisotopic (exact) mass is 466 g/mol. The van der Waals surface area contributed by atoms with Crippen LogP contribution >= 0.6 is 11.6 Å². The number of allylic oxidation sites excluding steroid dienone is 2. The number of carbonyl (C=O) groups excluding carboxylic acids is 1. The van der Waals surface area contributed by atoms with Crippen LogP contribution in [0.25, 0.3) is 16.6 Å². The number of hydrogen-bond acceptors (Lipinski definition) is 6. The normalized spacial score (nSPS) is 11.2. The first-order chi connectivity index (χ1) is 15.8. The SMILES string of the molecule is C=C/C=C(/c1cc(C)nc2c(OCc3c(Cl)cncc3OCC(=O)NC)cccc12)N(C)C. The van der Waals surface area contributed by atoms with Crippen molar-refractivity contribution >= 4 is 34.1 Å². The van der Waals surface area contributed by atoms with E-state index in [0.29, 0.717) is 22.1 Å². The third kappa shape index (κ3) is 5.62. The van der Waals surface area contributed by atoms with Crippen LogP contribution in [0, 0.1) is 6.92 Å². The molecule has 0 saturated carbocycles. The Kier molecular flexibility index (Phi) is 7.90. The number of carbonyl (C=O) groups is 1. The Morgan fingerprint density at radius 2 is 2.03 bits per heavy atom. The van der Waals surface area contributed by atoms with Gasteiger partial charge in [-0.15, -0.1) is 0 Å². The number of aromatic nitrogens is 2. The Balaban J connectivity index is 1.98. The van der Waals surface area contributed by atoms with Crippen LogP contribution in [0.2, 0.25) is 5.02 Å². The van der Waals surface area contributed by atoms with E-state index >= 15 is 0 Å². The molecule has 7 nitrogen and oxygen atoms in total. The number of hydrogen-bond donors (Lipinski definition) is 1. The second-order valence-corrected chi connectivity index (χ2v) is 7.90. The number of aryl methyl sites for hydroxylation is 1. The second kappa shape index (κ2) is 10.8. The number of likely N-dealkylation sites (N-methyl/N-ethyl adjacent to an activating group) is 1. The summed E-state index contributed by atoms with van der Waals surface area (Å²) in [6, 6.07) is 7.86. The van der Waals surface area contributed by atoms with E-state index in [1.807, 2.05) is 56.3 Å². The van der Waals surface area contributed by atoms with Crippen molar-refractivity contribution in [3.05, 3.63) is 77.2 Å². The van der Waals surface area contributed by atoms with Crippen LogP contribution in [0.15, 0.2) is 55.4 Å². The Morgan fingerprint density at radius 3 is 2.73 bits per heavy atom. The molecule has 0 spiro atoms. The van der Waals surface area contributed by atoms with Crippen molar-refractivity contribution in [1.29, 1.82) is 0 Å². The highest BCUT2D eigenvalue weighted by atomic mass is 35.5. The maximum atomic E-state index is 11.6. The number of nitrogens with one attached hydrogen (secondary N) is 1. The highest BCUT2D eigenvalue weighted by molar-refractivity contribution is 6.31. The van der Waals surface area contributed by atoms with Crippen molar-refractivity contribution in [2.24, 2.45) is 0 Å². The highest BCUT2D eigenvalue weighted by Crippen LogP contribution is 2.33. The van der Waals surface area contributed by atoms with Gasteiger partial charge in [0.25, 0.3) is 5.91 Å². The van der Waals surface area contributed by atoms with Crippen molar-refractivity contribution in [2.75, 3.05) is 27.7 Å². The molecule has 2 aromatic heterocycles. The zero-order chi connectivity index (χ0) is 24.0. The fraction of sp³-hybridized carbons (Fsp3) is 0.240. The van der Waals surface area contributed by atoms with Gasteiger partial charge in [-0.25, -0.2) is 4.98 Å². The Labute approximate surface area is 198 Å². The Bertz CT molecular complexity index is 1210. The molecule has 0 aliphatic rings. The lowest BCUT2D eigenvalue weighted by atomic mass is 10.0. The van der Waals surface area contributed by atoms with E-state index in [0.717, 1.165) is 27.9 Å². The van der Waals surface area contributed by atoms with Crippen LogP contribution in [-0.4, -0.2) is 48.5 Å². The van der Waals surface area contributed by atoms with Gasteiger partial charge in [0.05, 0.1) is 16.8 Å². The molecular formula is C25H27ClN4O3. The maximum absolute atomic E-state index is 11.6. The summed E-state index contributed by atoms with van der Waals surface area (Å²) in [7, 11) is 5.52. The predicted octanol–water partition coefficient (Wildman–Crippen LogP) is 4.38. The number of para-hydroxylation sites is 1. The molecule has 1 N–H and O–H groups in total. The summed E-state index contributed by atoms with van der Waals surface area (Å²) in [6.45, 7) is 5.77. The van der Waals surface area contributed by atoms with E-state index in [4.69, 9.17) is 26.1 Å². The van der Waals surface area contributed by atoms with Crippen LogP contribution in [0.1, 0.15) is 16.8 Å². The van der Waals surface area contributed by atoms with Crippen molar-refractivity contribution in [3.8, 4) is 11.5 Å². The largest absolute Gasteiger partial charge is 0.486 e. The molecule has 3 aromatic rings. The van der Waals surface area contributed by atoms with Gasteiger partial charge >= 0.3 is 0 Å². The molecule has 2 heterocycles. The van der Waals surface area contributed by atoms with Crippen molar-refractivity contribution < 1.29 is 14.3 Å². The Hall–Kier alpha value is -3.58. The summed E-state index contributed by atoms with van der Waals surface area (Å²) in [5.74, 6) is 0.742. The van der Waals surface area contributed by atoms with Gasteiger partial charge in [0.2, 0.25) is 0 Å². The van der Waals surface area contributed by atoms with Crippen molar-refractivity contribution in [3.63, 3.8) is 0 Å². The van der Waals surface area contributed by atoms with E-state index in [1.54, 1.807) is 13.1 Å². The quantitative estimate of drug-likeness (QED) is 0.471. The molecule has 0 saturated heterocycles. The van der Waals surface area contributed by atoms with Gasteiger partial charge in [0, 0.05) is 49.7 Å². The molecule has 1 amide bonds. The fourth-order valence-electron chi connectivity index (χ4n) is 3.34.